The van der Waals surface area contributed by atoms with E-state index in [1.807, 2.05) is 0 Å². The smallest absolute Gasteiger partial charge is 0.264 e. The summed E-state index contributed by atoms with van der Waals surface area (Å²) in [5, 5.41) is 0. The zero-order chi connectivity index (χ0) is 13.9. The van der Waals surface area contributed by atoms with Crippen LogP contribution in [0.1, 0.15) is 46.1 Å². The molecule has 1 heterocycles. The van der Waals surface area contributed by atoms with Crippen molar-refractivity contribution in [2.24, 2.45) is 5.92 Å². The molecule has 0 amide bonds. The van der Waals surface area contributed by atoms with E-state index < -0.39 is 0 Å². The molecule has 0 aliphatic rings. The molecule has 5 heteroatoms. The van der Waals surface area contributed by atoms with Gasteiger partial charge in [-0.25, -0.2) is 4.98 Å². The molecule has 3 nitrogen and oxygen atoms in total. The van der Waals surface area contributed by atoms with E-state index >= 15 is 0 Å². The molecule has 0 bridgehead atoms. The largest absolute Gasteiger partial charge is 0.309 e. The van der Waals surface area contributed by atoms with Gasteiger partial charge >= 0.3 is 0 Å². The average molecular weight is 380 g/mol. The molecule has 0 fully saturated rings. The first kappa shape index (κ1) is 16.0. The van der Waals surface area contributed by atoms with E-state index in [1.165, 1.54) is 0 Å². The second-order valence-electron chi connectivity index (χ2n) is 5.77. The van der Waals surface area contributed by atoms with E-state index in [9.17, 15) is 4.79 Å². The molecule has 0 saturated carbocycles. The monoisotopic (exact) mass is 380 g/mol. The molecule has 0 saturated heterocycles. The highest BCUT2D eigenvalue weighted by Gasteiger charge is 2.14. The van der Waals surface area contributed by atoms with Crippen LogP contribution in [0.15, 0.2) is 4.79 Å². The van der Waals surface area contributed by atoms with E-state index in [-0.39, 0.29) is 10.3 Å². The van der Waals surface area contributed by atoms with Crippen LogP contribution in [-0.2, 0) is 12.2 Å². The number of nitrogens with zero attached hydrogens (tertiary/aromatic N) is 1. The number of halogens is 1. The Kier molecular flexibility index (Phi) is 5.70. The second kappa shape index (κ2) is 6.41. The normalized spacial score (nSPS) is 12.2. The minimum absolute atomic E-state index is 0.00856. The van der Waals surface area contributed by atoms with Gasteiger partial charge in [-0.3, -0.25) is 4.79 Å². The Hall–Kier alpha value is -0.0400. The molecule has 102 valence electrons. The topological polar surface area (TPSA) is 45.8 Å². The van der Waals surface area contributed by atoms with Gasteiger partial charge in [0.2, 0.25) is 0 Å². The van der Waals surface area contributed by atoms with Crippen LogP contribution in [0.4, 0.5) is 0 Å². The van der Waals surface area contributed by atoms with Crippen LogP contribution in [0.3, 0.4) is 0 Å². The predicted molar refractivity (Wildman–Crippen MR) is 87.2 cm³/mol. The summed E-state index contributed by atoms with van der Waals surface area (Å²) in [5.74, 6) is 2.05. The van der Waals surface area contributed by atoms with Crippen molar-refractivity contribution in [1.29, 1.82) is 0 Å². The maximum absolute atomic E-state index is 11.9. The summed E-state index contributed by atoms with van der Waals surface area (Å²) in [6.45, 7) is 10.8. The zero-order valence-electron chi connectivity index (χ0n) is 11.6. The van der Waals surface area contributed by atoms with E-state index in [0.717, 1.165) is 27.3 Å². The molecule has 1 aromatic heterocycles. The van der Waals surface area contributed by atoms with Crippen molar-refractivity contribution >= 4 is 34.4 Å². The van der Waals surface area contributed by atoms with Crippen LogP contribution in [-0.4, -0.2) is 14.7 Å². The molecule has 0 aromatic carbocycles. The van der Waals surface area contributed by atoms with E-state index in [4.69, 9.17) is 0 Å². The first-order valence-electron chi connectivity index (χ1n) is 6.10. The van der Waals surface area contributed by atoms with Crippen molar-refractivity contribution in [3.05, 3.63) is 25.4 Å². The minimum atomic E-state index is -0.00856. The number of hydrogen-bond acceptors (Lipinski definition) is 3. The van der Waals surface area contributed by atoms with Gasteiger partial charge in [-0.2, -0.15) is 0 Å². The lowest BCUT2D eigenvalue weighted by Crippen LogP contribution is -2.19. The minimum Gasteiger partial charge on any atom is -0.309 e. The third-order valence-electron chi connectivity index (χ3n) is 2.22. The first-order valence-corrected chi connectivity index (χ1v) is 8.17. The van der Waals surface area contributed by atoms with Crippen LogP contribution in [0.25, 0.3) is 0 Å². The number of rotatable bonds is 4. The SMILES string of the molecule is CC(C)Cc1nc(CSC(C)(C)C)[nH]c(=O)c1I. The van der Waals surface area contributed by atoms with Crippen molar-refractivity contribution in [3.63, 3.8) is 0 Å². The van der Waals surface area contributed by atoms with E-state index in [0.29, 0.717) is 5.92 Å². The summed E-state index contributed by atoms with van der Waals surface area (Å²) >= 11 is 3.88. The molecule has 1 aromatic rings. The highest BCUT2D eigenvalue weighted by Crippen LogP contribution is 2.26. The van der Waals surface area contributed by atoms with Gasteiger partial charge in [-0.05, 0) is 34.9 Å². The fourth-order valence-electron chi connectivity index (χ4n) is 1.43. The molecule has 18 heavy (non-hydrogen) atoms. The van der Waals surface area contributed by atoms with Crippen LogP contribution in [0.2, 0.25) is 0 Å². The molecular formula is C13H21IN2OS. The van der Waals surface area contributed by atoms with Crippen molar-refractivity contribution in [1.82, 2.24) is 9.97 Å². The molecule has 0 unspecified atom stereocenters. The van der Waals surface area contributed by atoms with Gasteiger partial charge in [0.25, 0.3) is 5.56 Å². The van der Waals surface area contributed by atoms with Crippen molar-refractivity contribution in [2.45, 2.75) is 51.5 Å². The van der Waals surface area contributed by atoms with Crippen LogP contribution in [0.5, 0.6) is 0 Å². The number of thioether (sulfide) groups is 1. The molecule has 0 radical (unpaired) electrons. The number of H-pyrrole nitrogens is 1. The maximum atomic E-state index is 11.9. The molecule has 1 rings (SSSR count). The lowest BCUT2D eigenvalue weighted by atomic mass is 10.1. The predicted octanol–water partition coefficient (Wildman–Crippen LogP) is 3.60. The maximum Gasteiger partial charge on any atom is 0.264 e. The van der Waals surface area contributed by atoms with Crippen LogP contribution < -0.4 is 5.56 Å². The van der Waals surface area contributed by atoms with E-state index in [2.05, 4.69) is 67.2 Å². The summed E-state index contributed by atoms with van der Waals surface area (Å²) in [5.41, 5.74) is 0.921. The Bertz CT molecular complexity index is 463. The molecule has 0 aliphatic carbocycles. The lowest BCUT2D eigenvalue weighted by Gasteiger charge is -2.17. The zero-order valence-corrected chi connectivity index (χ0v) is 14.6. The summed E-state index contributed by atoms with van der Waals surface area (Å²) < 4.78 is 0.908. The summed E-state index contributed by atoms with van der Waals surface area (Å²) in [4.78, 5) is 19.3. The van der Waals surface area contributed by atoms with Gasteiger partial charge in [0.05, 0.1) is 15.0 Å². The van der Waals surface area contributed by atoms with Crippen molar-refractivity contribution in [3.8, 4) is 0 Å². The highest BCUT2D eigenvalue weighted by molar-refractivity contribution is 14.1. The number of aromatic nitrogens is 2. The summed E-state index contributed by atoms with van der Waals surface area (Å²) in [6, 6.07) is 0. The van der Waals surface area contributed by atoms with Crippen LogP contribution in [0, 0.1) is 9.49 Å². The van der Waals surface area contributed by atoms with Crippen molar-refractivity contribution in [2.75, 3.05) is 0 Å². The Morgan fingerprint density at radius 2 is 2.00 bits per heavy atom. The van der Waals surface area contributed by atoms with Crippen LogP contribution >= 0.6 is 34.4 Å². The van der Waals surface area contributed by atoms with Gasteiger partial charge < -0.3 is 4.98 Å². The lowest BCUT2D eigenvalue weighted by molar-refractivity contribution is 0.627. The summed E-state index contributed by atoms with van der Waals surface area (Å²) in [6.07, 6.45) is 0.857. The number of hydrogen-bond donors (Lipinski definition) is 1. The van der Waals surface area contributed by atoms with E-state index in [1.54, 1.807) is 11.8 Å². The third kappa shape index (κ3) is 5.30. The van der Waals surface area contributed by atoms with Gasteiger partial charge in [0.15, 0.2) is 0 Å². The molecule has 0 atom stereocenters. The quantitative estimate of drug-likeness (QED) is 0.812. The van der Waals surface area contributed by atoms with Gasteiger partial charge in [0.1, 0.15) is 5.82 Å². The fourth-order valence-corrected chi connectivity index (χ4v) is 2.61. The summed E-state index contributed by atoms with van der Waals surface area (Å²) in [7, 11) is 0. The average Bonchev–Trinajstić information content (AvgIpc) is 2.20. The highest BCUT2D eigenvalue weighted by atomic mass is 127. The number of nitrogens with one attached hydrogen (secondary N) is 1. The first-order chi connectivity index (χ1) is 8.19. The van der Waals surface area contributed by atoms with Gasteiger partial charge in [-0.15, -0.1) is 11.8 Å². The van der Waals surface area contributed by atoms with Crippen molar-refractivity contribution < 1.29 is 0 Å². The third-order valence-corrected chi connectivity index (χ3v) is 4.62. The Morgan fingerprint density at radius 3 is 2.50 bits per heavy atom. The standard InChI is InChI=1S/C13H21IN2OS/c1-8(2)6-9-11(14)12(17)16-10(15-9)7-18-13(3,4)5/h8H,6-7H2,1-5H3,(H,15,16,17). The molecular weight excluding hydrogens is 359 g/mol. The fraction of sp³-hybridized carbons (Fsp3) is 0.692. The Labute approximate surface area is 127 Å². The Balaban J connectivity index is 2.94. The second-order valence-corrected chi connectivity index (χ2v) is 8.65. The van der Waals surface area contributed by atoms with Gasteiger partial charge in [0, 0.05) is 4.75 Å². The van der Waals surface area contributed by atoms with Gasteiger partial charge in [-0.1, -0.05) is 34.6 Å². The molecule has 1 N–H and O–H groups in total. The molecule has 0 spiro atoms. The molecule has 0 aliphatic heterocycles. The number of aromatic amines is 1. The Morgan fingerprint density at radius 1 is 1.39 bits per heavy atom.